The second kappa shape index (κ2) is 3.91. The molecule has 0 saturated heterocycles. The molecule has 0 radical (unpaired) electrons. The van der Waals surface area contributed by atoms with Gasteiger partial charge in [0.05, 0.1) is 16.8 Å². The van der Waals surface area contributed by atoms with Gasteiger partial charge in [0.15, 0.2) is 0 Å². The largest absolute Gasteiger partial charge is 0.369 e. The molecule has 0 spiro atoms. The van der Waals surface area contributed by atoms with Crippen molar-refractivity contribution in [1.29, 1.82) is 0 Å². The fraction of sp³-hybridized carbons (Fsp3) is 0.214. The van der Waals surface area contributed by atoms with Crippen LogP contribution in [0.2, 0.25) is 0 Å². The first-order valence-corrected chi connectivity index (χ1v) is 5.90. The summed E-state index contributed by atoms with van der Waals surface area (Å²) in [7, 11) is 0. The molecule has 3 rings (SSSR count). The third-order valence-corrected chi connectivity index (χ3v) is 3.42. The molecule has 2 aromatic rings. The summed E-state index contributed by atoms with van der Waals surface area (Å²) in [5, 5.41) is 0. The van der Waals surface area contributed by atoms with E-state index in [1.54, 1.807) is 12.4 Å². The maximum atomic E-state index is 11.5. The van der Waals surface area contributed by atoms with E-state index < -0.39 is 5.41 Å². The normalized spacial score (nSPS) is 16.2. The molecule has 1 aliphatic carbocycles. The van der Waals surface area contributed by atoms with Crippen molar-refractivity contribution in [2.75, 3.05) is 0 Å². The summed E-state index contributed by atoms with van der Waals surface area (Å²) in [5.74, 6) is -0.279. The van der Waals surface area contributed by atoms with Crippen LogP contribution in [0.25, 0.3) is 11.3 Å². The van der Waals surface area contributed by atoms with Gasteiger partial charge in [0.1, 0.15) is 0 Å². The fourth-order valence-electron chi connectivity index (χ4n) is 2.13. The van der Waals surface area contributed by atoms with E-state index in [0.717, 1.165) is 29.8 Å². The number of nitrogens with zero attached hydrogens (tertiary/aromatic N) is 2. The Bertz CT molecular complexity index is 591. The van der Waals surface area contributed by atoms with Gasteiger partial charge in [0, 0.05) is 18.0 Å². The summed E-state index contributed by atoms with van der Waals surface area (Å²) in [5.41, 5.74) is 7.48. The molecule has 1 amide bonds. The summed E-state index contributed by atoms with van der Waals surface area (Å²) in [6, 6.07) is 9.51. The van der Waals surface area contributed by atoms with Crippen LogP contribution in [0.5, 0.6) is 0 Å². The number of rotatable bonds is 3. The number of pyridine rings is 2. The van der Waals surface area contributed by atoms with Crippen LogP contribution < -0.4 is 5.73 Å². The van der Waals surface area contributed by atoms with E-state index in [2.05, 4.69) is 9.97 Å². The molecule has 2 heterocycles. The standard InChI is InChI=1S/C14H13N3O/c15-13(18)14(6-7-14)12-5-1-4-11(17-12)10-3-2-8-16-9-10/h1-5,8-9H,6-7H2,(H2,15,18). The van der Waals surface area contributed by atoms with E-state index in [1.165, 1.54) is 0 Å². The first kappa shape index (κ1) is 10.9. The number of primary amides is 1. The van der Waals surface area contributed by atoms with Crippen molar-refractivity contribution in [3.63, 3.8) is 0 Å². The number of hydrogen-bond acceptors (Lipinski definition) is 3. The molecule has 18 heavy (non-hydrogen) atoms. The smallest absolute Gasteiger partial charge is 0.229 e. The number of aromatic nitrogens is 2. The van der Waals surface area contributed by atoms with Crippen LogP contribution in [-0.2, 0) is 10.2 Å². The van der Waals surface area contributed by atoms with Crippen molar-refractivity contribution in [2.45, 2.75) is 18.3 Å². The predicted octanol–water partition coefficient (Wildman–Crippen LogP) is 1.66. The average Bonchev–Trinajstić information content (AvgIpc) is 3.21. The highest BCUT2D eigenvalue weighted by Gasteiger charge is 2.51. The molecule has 0 bridgehead atoms. The van der Waals surface area contributed by atoms with Crippen LogP contribution in [0.4, 0.5) is 0 Å². The topological polar surface area (TPSA) is 68.9 Å². The van der Waals surface area contributed by atoms with Crippen molar-refractivity contribution in [1.82, 2.24) is 9.97 Å². The summed E-state index contributed by atoms with van der Waals surface area (Å²) in [6.45, 7) is 0. The Morgan fingerprint density at radius 2 is 2.06 bits per heavy atom. The van der Waals surface area contributed by atoms with Gasteiger partial charge in [-0.1, -0.05) is 6.07 Å². The van der Waals surface area contributed by atoms with Crippen molar-refractivity contribution in [3.8, 4) is 11.3 Å². The Balaban J connectivity index is 2.03. The van der Waals surface area contributed by atoms with Gasteiger partial charge < -0.3 is 5.73 Å². The minimum Gasteiger partial charge on any atom is -0.369 e. The molecule has 2 N–H and O–H groups in total. The maximum absolute atomic E-state index is 11.5. The van der Waals surface area contributed by atoms with Crippen molar-refractivity contribution in [2.24, 2.45) is 5.73 Å². The number of nitrogens with two attached hydrogens (primary N) is 1. The summed E-state index contributed by atoms with van der Waals surface area (Å²) >= 11 is 0. The van der Waals surface area contributed by atoms with Gasteiger partial charge in [-0.15, -0.1) is 0 Å². The van der Waals surface area contributed by atoms with Crippen LogP contribution in [0.3, 0.4) is 0 Å². The lowest BCUT2D eigenvalue weighted by Crippen LogP contribution is -2.29. The predicted molar refractivity (Wildman–Crippen MR) is 67.6 cm³/mol. The lowest BCUT2D eigenvalue weighted by molar-refractivity contribution is -0.120. The molecular formula is C14H13N3O. The third kappa shape index (κ3) is 1.66. The zero-order valence-corrected chi connectivity index (χ0v) is 9.84. The van der Waals surface area contributed by atoms with E-state index in [0.29, 0.717) is 0 Å². The van der Waals surface area contributed by atoms with Crippen molar-refractivity contribution in [3.05, 3.63) is 48.4 Å². The first-order chi connectivity index (χ1) is 8.72. The lowest BCUT2D eigenvalue weighted by atomic mass is 10.0. The second-order valence-corrected chi connectivity index (χ2v) is 4.60. The highest BCUT2D eigenvalue weighted by molar-refractivity contribution is 5.89. The number of carbonyl (C=O) groups excluding carboxylic acids is 1. The Morgan fingerprint density at radius 3 is 2.67 bits per heavy atom. The Morgan fingerprint density at radius 1 is 1.22 bits per heavy atom. The fourth-order valence-corrected chi connectivity index (χ4v) is 2.13. The van der Waals surface area contributed by atoms with E-state index in [1.807, 2.05) is 30.3 Å². The molecule has 0 unspecified atom stereocenters. The molecule has 2 aromatic heterocycles. The lowest BCUT2D eigenvalue weighted by Gasteiger charge is -2.11. The van der Waals surface area contributed by atoms with E-state index >= 15 is 0 Å². The molecule has 1 fully saturated rings. The zero-order valence-electron chi connectivity index (χ0n) is 9.84. The molecule has 1 aliphatic rings. The number of carbonyl (C=O) groups is 1. The maximum Gasteiger partial charge on any atom is 0.229 e. The molecular weight excluding hydrogens is 226 g/mol. The van der Waals surface area contributed by atoms with E-state index in [9.17, 15) is 4.79 Å². The Kier molecular flexibility index (Phi) is 2.37. The van der Waals surface area contributed by atoms with Gasteiger partial charge in [-0.2, -0.15) is 0 Å². The molecule has 0 atom stereocenters. The van der Waals surface area contributed by atoms with Crippen LogP contribution in [0.15, 0.2) is 42.7 Å². The molecule has 4 nitrogen and oxygen atoms in total. The minimum atomic E-state index is -0.530. The van der Waals surface area contributed by atoms with Crippen LogP contribution in [0, 0.1) is 0 Å². The Hall–Kier alpha value is -2.23. The van der Waals surface area contributed by atoms with Crippen LogP contribution >= 0.6 is 0 Å². The van der Waals surface area contributed by atoms with E-state index in [4.69, 9.17) is 5.73 Å². The monoisotopic (exact) mass is 239 g/mol. The first-order valence-electron chi connectivity index (χ1n) is 5.90. The Labute approximate surface area is 105 Å². The summed E-state index contributed by atoms with van der Waals surface area (Å²) in [4.78, 5) is 20.1. The highest BCUT2D eigenvalue weighted by Crippen LogP contribution is 2.47. The molecule has 0 aromatic carbocycles. The van der Waals surface area contributed by atoms with Gasteiger partial charge in [-0.05, 0) is 37.1 Å². The van der Waals surface area contributed by atoms with E-state index in [-0.39, 0.29) is 5.91 Å². The number of hydrogen-bond donors (Lipinski definition) is 1. The van der Waals surface area contributed by atoms with Crippen LogP contribution in [-0.4, -0.2) is 15.9 Å². The quantitative estimate of drug-likeness (QED) is 0.885. The zero-order chi connectivity index (χ0) is 12.6. The van der Waals surface area contributed by atoms with Gasteiger partial charge in [-0.3, -0.25) is 14.8 Å². The average molecular weight is 239 g/mol. The number of amides is 1. The minimum absolute atomic E-state index is 0.279. The summed E-state index contributed by atoms with van der Waals surface area (Å²) in [6.07, 6.45) is 5.08. The molecule has 4 heteroatoms. The molecule has 0 aliphatic heterocycles. The van der Waals surface area contributed by atoms with Gasteiger partial charge >= 0.3 is 0 Å². The van der Waals surface area contributed by atoms with Crippen molar-refractivity contribution < 1.29 is 4.79 Å². The SMILES string of the molecule is NC(=O)C1(c2cccc(-c3cccnc3)n2)CC1. The third-order valence-electron chi connectivity index (χ3n) is 3.42. The highest BCUT2D eigenvalue weighted by atomic mass is 16.1. The molecule has 1 saturated carbocycles. The van der Waals surface area contributed by atoms with Gasteiger partial charge in [-0.25, -0.2) is 0 Å². The summed E-state index contributed by atoms with van der Waals surface area (Å²) < 4.78 is 0. The van der Waals surface area contributed by atoms with Crippen LogP contribution in [0.1, 0.15) is 18.5 Å². The van der Waals surface area contributed by atoms with Gasteiger partial charge in [0.25, 0.3) is 0 Å². The van der Waals surface area contributed by atoms with Gasteiger partial charge in [0.2, 0.25) is 5.91 Å². The second-order valence-electron chi connectivity index (χ2n) is 4.60. The van der Waals surface area contributed by atoms with Crippen molar-refractivity contribution >= 4 is 5.91 Å². The molecule has 90 valence electrons.